The van der Waals surface area contributed by atoms with E-state index in [0.717, 1.165) is 34.1 Å². The molecule has 0 N–H and O–H groups in total. The largest absolute Gasteiger partial charge is 0.311 e. The van der Waals surface area contributed by atoms with Gasteiger partial charge in [-0.05, 0) is 121 Å². The molecule has 0 aromatic heterocycles. The second kappa shape index (κ2) is 10.9. The first kappa shape index (κ1) is 24.5. The summed E-state index contributed by atoms with van der Waals surface area (Å²) in [5, 5.41) is 2.75. The minimum atomic E-state index is 0.687. The molecule has 0 fully saturated rings. The quantitative estimate of drug-likeness (QED) is 0.208. The van der Waals surface area contributed by atoms with Crippen LogP contribution in [0.5, 0.6) is 0 Å². The molecule has 2 nitrogen and oxygen atoms in total. The maximum absolute atomic E-state index is 6.16. The molecular formula is C30H20Cl4N2. The number of anilines is 6. The number of halogens is 4. The van der Waals surface area contributed by atoms with Gasteiger partial charge >= 0.3 is 0 Å². The highest BCUT2D eigenvalue weighted by Crippen LogP contribution is 2.39. The predicted molar refractivity (Wildman–Crippen MR) is 156 cm³/mol. The Kier molecular flexibility index (Phi) is 7.41. The van der Waals surface area contributed by atoms with E-state index >= 15 is 0 Å². The molecule has 0 heterocycles. The number of rotatable bonds is 6. The summed E-state index contributed by atoms with van der Waals surface area (Å²) < 4.78 is 0. The van der Waals surface area contributed by atoms with Gasteiger partial charge in [-0.1, -0.05) is 46.4 Å². The third kappa shape index (κ3) is 5.48. The minimum absolute atomic E-state index is 0.687. The number of benzene rings is 5. The lowest BCUT2D eigenvalue weighted by atomic mass is 10.1. The first-order valence-corrected chi connectivity index (χ1v) is 12.7. The zero-order valence-corrected chi connectivity index (χ0v) is 22.0. The van der Waals surface area contributed by atoms with Crippen LogP contribution < -0.4 is 9.80 Å². The van der Waals surface area contributed by atoms with Gasteiger partial charge in [0.25, 0.3) is 0 Å². The Morgan fingerprint density at radius 3 is 0.556 bits per heavy atom. The molecule has 36 heavy (non-hydrogen) atoms. The van der Waals surface area contributed by atoms with Crippen LogP contribution in [0.2, 0.25) is 20.1 Å². The second-order valence-corrected chi connectivity index (χ2v) is 9.84. The summed E-state index contributed by atoms with van der Waals surface area (Å²) >= 11 is 24.7. The number of hydrogen-bond donors (Lipinski definition) is 0. The molecule has 0 aliphatic heterocycles. The van der Waals surface area contributed by atoms with Crippen LogP contribution in [0.3, 0.4) is 0 Å². The zero-order chi connectivity index (χ0) is 25.1. The topological polar surface area (TPSA) is 6.48 Å². The van der Waals surface area contributed by atoms with Gasteiger partial charge in [-0.15, -0.1) is 0 Å². The number of hydrogen-bond acceptors (Lipinski definition) is 2. The van der Waals surface area contributed by atoms with E-state index in [4.69, 9.17) is 46.4 Å². The molecule has 0 saturated heterocycles. The maximum Gasteiger partial charge on any atom is 0.0463 e. The summed E-state index contributed by atoms with van der Waals surface area (Å²) in [6.45, 7) is 0. The fourth-order valence-electron chi connectivity index (χ4n) is 4.01. The second-order valence-electron chi connectivity index (χ2n) is 8.09. The van der Waals surface area contributed by atoms with Gasteiger partial charge in [0.05, 0.1) is 0 Å². The smallest absolute Gasteiger partial charge is 0.0463 e. The van der Waals surface area contributed by atoms with Crippen molar-refractivity contribution in [3.63, 3.8) is 0 Å². The Morgan fingerprint density at radius 1 is 0.250 bits per heavy atom. The van der Waals surface area contributed by atoms with E-state index in [1.807, 2.05) is 97.1 Å². The Labute approximate surface area is 230 Å². The van der Waals surface area contributed by atoms with Crippen molar-refractivity contribution >= 4 is 80.5 Å². The normalized spacial score (nSPS) is 10.8. The third-order valence-electron chi connectivity index (χ3n) is 5.71. The lowest BCUT2D eigenvalue weighted by Gasteiger charge is -2.28. The van der Waals surface area contributed by atoms with Crippen molar-refractivity contribution in [2.45, 2.75) is 0 Å². The van der Waals surface area contributed by atoms with Crippen LogP contribution in [0.25, 0.3) is 0 Å². The van der Waals surface area contributed by atoms with Crippen molar-refractivity contribution in [1.82, 2.24) is 0 Å². The molecule has 0 radical (unpaired) electrons. The van der Waals surface area contributed by atoms with Crippen molar-refractivity contribution in [2.75, 3.05) is 9.80 Å². The van der Waals surface area contributed by atoms with Crippen LogP contribution in [0.15, 0.2) is 121 Å². The molecule has 5 aromatic rings. The van der Waals surface area contributed by atoms with Crippen LogP contribution in [0.4, 0.5) is 34.1 Å². The highest BCUT2D eigenvalue weighted by atomic mass is 35.5. The summed E-state index contributed by atoms with van der Waals surface area (Å²) in [6, 6.07) is 39.5. The highest BCUT2D eigenvalue weighted by Gasteiger charge is 2.16. The Bertz CT molecular complexity index is 1230. The zero-order valence-electron chi connectivity index (χ0n) is 19.0. The van der Waals surface area contributed by atoms with E-state index in [-0.39, 0.29) is 0 Å². The van der Waals surface area contributed by atoms with Crippen LogP contribution >= 0.6 is 46.4 Å². The Hall–Kier alpha value is -3.14. The molecule has 5 aromatic carbocycles. The van der Waals surface area contributed by atoms with E-state index in [2.05, 4.69) is 34.1 Å². The monoisotopic (exact) mass is 548 g/mol. The summed E-state index contributed by atoms with van der Waals surface area (Å²) in [4.78, 5) is 4.32. The summed E-state index contributed by atoms with van der Waals surface area (Å²) in [7, 11) is 0. The molecule has 0 atom stereocenters. The van der Waals surface area contributed by atoms with Gasteiger partial charge < -0.3 is 9.80 Å². The third-order valence-corrected chi connectivity index (χ3v) is 6.71. The van der Waals surface area contributed by atoms with Crippen LogP contribution in [-0.4, -0.2) is 0 Å². The highest BCUT2D eigenvalue weighted by molar-refractivity contribution is 6.31. The molecule has 5 rings (SSSR count). The van der Waals surface area contributed by atoms with Gasteiger partial charge in [-0.25, -0.2) is 0 Å². The molecule has 0 aliphatic carbocycles. The molecular weight excluding hydrogens is 530 g/mol. The van der Waals surface area contributed by atoms with Crippen LogP contribution in [0.1, 0.15) is 0 Å². The molecule has 0 amide bonds. The molecule has 0 spiro atoms. The van der Waals surface area contributed by atoms with Crippen molar-refractivity contribution in [2.24, 2.45) is 0 Å². The van der Waals surface area contributed by atoms with Crippen LogP contribution in [0, 0.1) is 0 Å². The van der Waals surface area contributed by atoms with Gasteiger partial charge in [0.2, 0.25) is 0 Å². The molecule has 6 heteroatoms. The predicted octanol–water partition coefficient (Wildman–Crippen LogP) is 11.2. The summed E-state index contributed by atoms with van der Waals surface area (Å²) in [6.07, 6.45) is 0. The van der Waals surface area contributed by atoms with E-state index in [9.17, 15) is 0 Å². The van der Waals surface area contributed by atoms with Gasteiger partial charge in [-0.3, -0.25) is 0 Å². The van der Waals surface area contributed by atoms with Crippen molar-refractivity contribution in [3.8, 4) is 0 Å². The average molecular weight is 550 g/mol. The molecule has 0 saturated carbocycles. The van der Waals surface area contributed by atoms with Crippen molar-refractivity contribution in [1.29, 1.82) is 0 Å². The standard InChI is InChI=1S/C30H20Cl4N2/c31-21-1-9-25(10-2-21)35(26-11-3-22(32)4-12-26)29-17-19-30(20-18-29)36(27-13-5-23(33)6-14-27)28-15-7-24(34)8-16-28/h1-20H. The van der Waals surface area contributed by atoms with Gasteiger partial charge in [0, 0.05) is 54.2 Å². The first-order valence-electron chi connectivity index (χ1n) is 11.2. The SMILES string of the molecule is Clc1ccc(N(c2ccc(Cl)cc2)c2ccc(N(c3ccc(Cl)cc3)c3ccc(Cl)cc3)cc2)cc1. The molecule has 0 aliphatic rings. The minimum Gasteiger partial charge on any atom is -0.311 e. The Balaban J connectivity index is 1.57. The number of nitrogens with zero attached hydrogens (tertiary/aromatic N) is 2. The van der Waals surface area contributed by atoms with Crippen molar-refractivity contribution in [3.05, 3.63) is 141 Å². The lowest BCUT2D eigenvalue weighted by Crippen LogP contribution is -2.12. The van der Waals surface area contributed by atoms with E-state index in [1.165, 1.54) is 0 Å². The molecule has 0 unspecified atom stereocenters. The van der Waals surface area contributed by atoms with Crippen LogP contribution in [-0.2, 0) is 0 Å². The van der Waals surface area contributed by atoms with Gasteiger partial charge in [0.1, 0.15) is 0 Å². The first-order chi connectivity index (χ1) is 17.5. The maximum atomic E-state index is 6.16. The summed E-state index contributed by atoms with van der Waals surface area (Å²) in [5.41, 5.74) is 5.94. The van der Waals surface area contributed by atoms with E-state index in [0.29, 0.717) is 20.1 Å². The van der Waals surface area contributed by atoms with Gasteiger partial charge in [-0.2, -0.15) is 0 Å². The van der Waals surface area contributed by atoms with E-state index in [1.54, 1.807) is 0 Å². The lowest BCUT2D eigenvalue weighted by molar-refractivity contribution is 1.26. The van der Waals surface area contributed by atoms with Crippen molar-refractivity contribution < 1.29 is 0 Å². The molecule has 178 valence electrons. The average Bonchev–Trinajstić information content (AvgIpc) is 2.90. The Morgan fingerprint density at radius 2 is 0.389 bits per heavy atom. The summed E-state index contributed by atoms with van der Waals surface area (Å²) in [5.74, 6) is 0. The molecule has 0 bridgehead atoms. The van der Waals surface area contributed by atoms with E-state index < -0.39 is 0 Å². The van der Waals surface area contributed by atoms with Gasteiger partial charge in [0.15, 0.2) is 0 Å². The fraction of sp³-hybridized carbons (Fsp3) is 0. The fourth-order valence-corrected chi connectivity index (χ4v) is 4.51.